The van der Waals surface area contributed by atoms with E-state index in [4.69, 9.17) is 9.47 Å². The van der Waals surface area contributed by atoms with Crippen molar-refractivity contribution < 1.29 is 18.7 Å². The SMILES string of the molecule is COC1CCN([C@H]2CCC[C@H]2NC(=O)COc2cc(C)ccc2F)C1. The van der Waals surface area contributed by atoms with Gasteiger partial charge >= 0.3 is 0 Å². The predicted molar refractivity (Wildman–Crippen MR) is 93.2 cm³/mol. The summed E-state index contributed by atoms with van der Waals surface area (Å²) >= 11 is 0. The van der Waals surface area contributed by atoms with Gasteiger partial charge in [0.15, 0.2) is 18.2 Å². The molecule has 1 aromatic carbocycles. The molecule has 3 rings (SSSR count). The molecule has 1 amide bonds. The Morgan fingerprint density at radius 2 is 2.20 bits per heavy atom. The van der Waals surface area contributed by atoms with Crippen LogP contribution in [0.2, 0.25) is 0 Å². The van der Waals surface area contributed by atoms with Crippen molar-refractivity contribution in [1.82, 2.24) is 10.2 Å². The number of nitrogens with zero attached hydrogens (tertiary/aromatic N) is 1. The van der Waals surface area contributed by atoms with Gasteiger partial charge in [0.05, 0.1) is 6.10 Å². The van der Waals surface area contributed by atoms with Crippen LogP contribution >= 0.6 is 0 Å². The lowest BCUT2D eigenvalue weighted by Crippen LogP contribution is -2.49. The molecule has 2 aliphatic rings. The first-order valence-corrected chi connectivity index (χ1v) is 9.02. The molecule has 1 aromatic rings. The number of benzene rings is 1. The van der Waals surface area contributed by atoms with Crippen molar-refractivity contribution in [2.75, 3.05) is 26.8 Å². The fraction of sp³-hybridized carbons (Fsp3) is 0.632. The molecule has 138 valence electrons. The molecule has 1 unspecified atom stereocenters. The molecule has 0 spiro atoms. The van der Waals surface area contributed by atoms with Crippen molar-refractivity contribution in [2.45, 2.75) is 50.8 Å². The minimum absolute atomic E-state index is 0.126. The molecule has 1 saturated heterocycles. The van der Waals surface area contributed by atoms with E-state index in [-0.39, 0.29) is 24.3 Å². The second-order valence-electron chi connectivity index (χ2n) is 7.04. The van der Waals surface area contributed by atoms with Crippen LogP contribution in [0.4, 0.5) is 4.39 Å². The quantitative estimate of drug-likeness (QED) is 0.855. The molecule has 25 heavy (non-hydrogen) atoms. The van der Waals surface area contributed by atoms with Crippen molar-refractivity contribution in [1.29, 1.82) is 0 Å². The lowest BCUT2D eigenvalue weighted by molar-refractivity contribution is -0.124. The second-order valence-corrected chi connectivity index (χ2v) is 7.04. The average Bonchev–Trinajstić information content (AvgIpc) is 3.24. The van der Waals surface area contributed by atoms with E-state index in [1.54, 1.807) is 19.2 Å². The largest absolute Gasteiger partial charge is 0.481 e. The van der Waals surface area contributed by atoms with Gasteiger partial charge in [0.25, 0.3) is 5.91 Å². The van der Waals surface area contributed by atoms with E-state index in [1.165, 1.54) is 6.07 Å². The maximum atomic E-state index is 13.7. The van der Waals surface area contributed by atoms with Gasteiger partial charge in [0, 0.05) is 32.3 Å². The summed E-state index contributed by atoms with van der Waals surface area (Å²) in [5, 5.41) is 3.07. The lowest BCUT2D eigenvalue weighted by Gasteiger charge is -2.30. The van der Waals surface area contributed by atoms with Gasteiger partial charge in [-0.3, -0.25) is 9.69 Å². The highest BCUT2D eigenvalue weighted by molar-refractivity contribution is 5.78. The first-order chi connectivity index (χ1) is 12.1. The number of halogens is 1. The Bertz CT molecular complexity index is 610. The maximum absolute atomic E-state index is 13.7. The Labute approximate surface area is 148 Å². The number of methoxy groups -OCH3 is 1. The molecular formula is C19H27FN2O3. The van der Waals surface area contributed by atoms with Gasteiger partial charge < -0.3 is 14.8 Å². The van der Waals surface area contributed by atoms with Gasteiger partial charge in [-0.25, -0.2) is 4.39 Å². The third-order valence-corrected chi connectivity index (χ3v) is 5.25. The lowest BCUT2D eigenvalue weighted by atomic mass is 10.1. The number of amides is 1. The van der Waals surface area contributed by atoms with Crippen LogP contribution in [0.25, 0.3) is 0 Å². The number of nitrogens with one attached hydrogen (secondary N) is 1. The molecule has 1 N–H and O–H groups in total. The summed E-state index contributed by atoms with van der Waals surface area (Å²) in [7, 11) is 1.75. The third kappa shape index (κ3) is 4.50. The van der Waals surface area contributed by atoms with Crippen molar-refractivity contribution in [3.63, 3.8) is 0 Å². The molecule has 5 nitrogen and oxygen atoms in total. The maximum Gasteiger partial charge on any atom is 0.258 e. The molecular weight excluding hydrogens is 323 g/mol. The number of likely N-dealkylation sites (tertiary alicyclic amines) is 1. The molecule has 3 atom stereocenters. The molecule has 1 aliphatic heterocycles. The number of aryl methyl sites for hydroxylation is 1. The Hall–Kier alpha value is -1.66. The molecule has 1 heterocycles. The Balaban J connectivity index is 1.51. The van der Waals surface area contributed by atoms with E-state index in [0.29, 0.717) is 12.1 Å². The van der Waals surface area contributed by atoms with E-state index in [2.05, 4.69) is 10.2 Å². The Morgan fingerprint density at radius 1 is 1.36 bits per heavy atom. The van der Waals surface area contributed by atoms with E-state index in [1.807, 2.05) is 6.92 Å². The summed E-state index contributed by atoms with van der Waals surface area (Å²) in [6, 6.07) is 5.13. The second kappa shape index (κ2) is 8.15. The van der Waals surface area contributed by atoms with E-state index < -0.39 is 5.82 Å². The number of hydrogen-bond donors (Lipinski definition) is 1. The fourth-order valence-corrected chi connectivity index (χ4v) is 3.91. The van der Waals surface area contributed by atoms with Crippen molar-refractivity contribution in [2.24, 2.45) is 0 Å². The summed E-state index contributed by atoms with van der Waals surface area (Å²) in [6.45, 7) is 3.64. The first-order valence-electron chi connectivity index (χ1n) is 9.02. The topological polar surface area (TPSA) is 50.8 Å². The zero-order chi connectivity index (χ0) is 17.8. The predicted octanol–water partition coefficient (Wildman–Crippen LogP) is 2.27. The monoisotopic (exact) mass is 350 g/mol. The Kier molecular flexibility index (Phi) is 5.91. The van der Waals surface area contributed by atoms with E-state index >= 15 is 0 Å². The smallest absolute Gasteiger partial charge is 0.258 e. The van der Waals surface area contributed by atoms with Crippen molar-refractivity contribution in [3.8, 4) is 5.75 Å². The molecule has 1 aliphatic carbocycles. The number of carbonyl (C=O) groups is 1. The molecule has 6 heteroatoms. The summed E-state index contributed by atoms with van der Waals surface area (Å²) in [5.41, 5.74) is 0.898. The van der Waals surface area contributed by atoms with Crippen LogP contribution in [0, 0.1) is 12.7 Å². The van der Waals surface area contributed by atoms with Crippen LogP contribution in [0.3, 0.4) is 0 Å². The van der Waals surface area contributed by atoms with Crippen LogP contribution in [0.5, 0.6) is 5.75 Å². The highest BCUT2D eigenvalue weighted by atomic mass is 19.1. The summed E-state index contributed by atoms with van der Waals surface area (Å²) < 4.78 is 24.5. The fourth-order valence-electron chi connectivity index (χ4n) is 3.91. The Morgan fingerprint density at radius 3 is 2.96 bits per heavy atom. The third-order valence-electron chi connectivity index (χ3n) is 5.25. The van der Waals surface area contributed by atoms with Crippen LogP contribution in [-0.2, 0) is 9.53 Å². The standard InChI is InChI=1S/C19H27FN2O3/c1-13-6-7-15(20)18(10-13)25-12-19(23)21-16-4-3-5-17(16)22-9-8-14(11-22)24-2/h6-7,10,14,16-17H,3-5,8-9,11-12H2,1-2H3,(H,21,23)/t14?,16-,17+/m1/s1. The van der Waals surface area contributed by atoms with Crippen LogP contribution in [0.15, 0.2) is 18.2 Å². The summed E-state index contributed by atoms with van der Waals surface area (Å²) in [6.07, 6.45) is 4.52. The van der Waals surface area contributed by atoms with E-state index in [9.17, 15) is 9.18 Å². The summed E-state index contributed by atoms with van der Waals surface area (Å²) in [5.74, 6) is -0.513. The van der Waals surface area contributed by atoms with Crippen molar-refractivity contribution in [3.05, 3.63) is 29.6 Å². The first kappa shape index (κ1) is 18.1. The number of ether oxygens (including phenoxy) is 2. The van der Waals surface area contributed by atoms with Crippen LogP contribution < -0.4 is 10.1 Å². The van der Waals surface area contributed by atoms with E-state index in [0.717, 1.165) is 44.3 Å². The molecule has 1 saturated carbocycles. The number of carbonyl (C=O) groups excluding carboxylic acids is 1. The molecule has 0 bridgehead atoms. The highest BCUT2D eigenvalue weighted by Crippen LogP contribution is 2.28. The van der Waals surface area contributed by atoms with Gasteiger partial charge in [-0.1, -0.05) is 6.07 Å². The molecule has 2 fully saturated rings. The molecule has 0 radical (unpaired) electrons. The van der Waals surface area contributed by atoms with Gasteiger partial charge in [0.2, 0.25) is 0 Å². The number of rotatable bonds is 6. The van der Waals surface area contributed by atoms with Crippen LogP contribution in [-0.4, -0.2) is 55.8 Å². The van der Waals surface area contributed by atoms with Crippen LogP contribution in [0.1, 0.15) is 31.2 Å². The minimum Gasteiger partial charge on any atom is -0.481 e. The normalized spacial score (nSPS) is 26.8. The number of hydrogen-bond acceptors (Lipinski definition) is 4. The van der Waals surface area contributed by atoms with Gasteiger partial charge in [-0.15, -0.1) is 0 Å². The molecule has 0 aromatic heterocycles. The van der Waals surface area contributed by atoms with Gasteiger partial charge in [-0.05, 0) is 50.3 Å². The minimum atomic E-state index is -0.445. The van der Waals surface area contributed by atoms with Gasteiger partial charge in [-0.2, -0.15) is 0 Å². The summed E-state index contributed by atoms with van der Waals surface area (Å²) in [4.78, 5) is 14.7. The zero-order valence-corrected chi connectivity index (χ0v) is 15.0. The highest BCUT2D eigenvalue weighted by Gasteiger charge is 2.36. The average molecular weight is 350 g/mol. The van der Waals surface area contributed by atoms with Crippen molar-refractivity contribution >= 4 is 5.91 Å². The zero-order valence-electron chi connectivity index (χ0n) is 15.0. The van der Waals surface area contributed by atoms with Gasteiger partial charge in [0.1, 0.15) is 0 Å².